The fourth-order valence-electron chi connectivity index (χ4n) is 7.28. The molecule has 0 aliphatic rings. The van der Waals surface area contributed by atoms with Crippen LogP contribution in [-0.4, -0.2) is 18.9 Å². The third-order valence-electron chi connectivity index (χ3n) is 9.22. The van der Waals surface area contributed by atoms with Crippen LogP contribution in [0.4, 0.5) is 0 Å². The number of hydrogen-bond acceptors (Lipinski definition) is 2. The average Bonchev–Trinajstić information content (AvgIpc) is 3.73. The summed E-state index contributed by atoms with van der Waals surface area (Å²) in [6.45, 7) is 0. The van der Waals surface area contributed by atoms with E-state index in [0.717, 1.165) is 16.7 Å². The minimum atomic E-state index is 1.11. The van der Waals surface area contributed by atoms with E-state index in [4.69, 9.17) is 0 Å². The van der Waals surface area contributed by atoms with Gasteiger partial charge in [0.25, 0.3) is 0 Å². The lowest BCUT2D eigenvalue weighted by atomic mass is 10.0. The Morgan fingerprint density at radius 2 is 0.886 bits per heavy atom. The second-order valence-electron chi connectivity index (χ2n) is 11.5. The van der Waals surface area contributed by atoms with Gasteiger partial charge in [-0.15, -0.1) is 0 Å². The van der Waals surface area contributed by atoms with Gasteiger partial charge in [-0.05, 0) is 70.8 Å². The average molecular weight is 561 g/mol. The SMILES string of the molecule is c1ccc(-c2ccc3c(c2)c2cc(-c4ccccc4)ccc2n3-c2cc3c4ccncc4n4c5cnccc5c(c2)c34)cc1. The zero-order valence-corrected chi connectivity index (χ0v) is 23.6. The van der Waals surface area contributed by atoms with Crippen molar-refractivity contribution in [1.29, 1.82) is 0 Å². The summed E-state index contributed by atoms with van der Waals surface area (Å²) in [5, 5.41) is 7.33. The largest absolute Gasteiger partial charge is 0.309 e. The number of pyridine rings is 2. The molecule has 0 aliphatic carbocycles. The molecule has 204 valence electrons. The second-order valence-corrected chi connectivity index (χ2v) is 11.5. The maximum Gasteiger partial charge on any atom is 0.0725 e. The van der Waals surface area contributed by atoms with Gasteiger partial charge in [0.15, 0.2) is 0 Å². The van der Waals surface area contributed by atoms with Crippen molar-refractivity contribution in [2.24, 2.45) is 0 Å². The summed E-state index contributed by atoms with van der Waals surface area (Å²) in [5.74, 6) is 0. The summed E-state index contributed by atoms with van der Waals surface area (Å²) in [7, 11) is 0. The lowest BCUT2D eigenvalue weighted by molar-refractivity contribution is 1.19. The molecule has 44 heavy (non-hydrogen) atoms. The van der Waals surface area contributed by atoms with Gasteiger partial charge in [0.2, 0.25) is 0 Å². The van der Waals surface area contributed by atoms with Gasteiger partial charge in [0.1, 0.15) is 0 Å². The Balaban J connectivity index is 1.33. The van der Waals surface area contributed by atoms with Crippen LogP contribution in [0.5, 0.6) is 0 Å². The van der Waals surface area contributed by atoms with Gasteiger partial charge in [-0.2, -0.15) is 0 Å². The lowest BCUT2D eigenvalue weighted by Crippen LogP contribution is -1.94. The van der Waals surface area contributed by atoms with Crippen LogP contribution < -0.4 is 0 Å². The molecule has 4 heteroatoms. The minimum Gasteiger partial charge on any atom is -0.309 e. The first-order chi connectivity index (χ1) is 21.8. The summed E-state index contributed by atoms with van der Waals surface area (Å²) in [6.07, 6.45) is 7.72. The van der Waals surface area contributed by atoms with Gasteiger partial charge >= 0.3 is 0 Å². The molecule has 5 heterocycles. The van der Waals surface area contributed by atoms with Crippen molar-refractivity contribution in [3.63, 3.8) is 0 Å². The Kier molecular flexibility index (Phi) is 4.69. The smallest absolute Gasteiger partial charge is 0.0725 e. The molecule has 0 fully saturated rings. The van der Waals surface area contributed by atoms with Crippen LogP contribution in [0.3, 0.4) is 0 Å². The maximum atomic E-state index is 4.49. The van der Waals surface area contributed by atoms with Crippen LogP contribution in [0, 0.1) is 0 Å². The highest BCUT2D eigenvalue weighted by Gasteiger charge is 2.21. The molecule has 0 atom stereocenters. The van der Waals surface area contributed by atoms with E-state index in [1.54, 1.807) is 0 Å². The third-order valence-corrected chi connectivity index (χ3v) is 9.22. The second kappa shape index (κ2) is 8.76. The summed E-state index contributed by atoms with van der Waals surface area (Å²) in [6, 6.07) is 44.1. The first kappa shape index (κ1) is 23.6. The van der Waals surface area contributed by atoms with Crippen LogP contribution >= 0.6 is 0 Å². The molecule has 0 bridgehead atoms. The van der Waals surface area contributed by atoms with E-state index in [-0.39, 0.29) is 0 Å². The molecule has 5 aromatic carbocycles. The number of fused-ring (bicyclic) bond motifs is 9. The summed E-state index contributed by atoms with van der Waals surface area (Å²) in [4.78, 5) is 8.97. The monoisotopic (exact) mass is 560 g/mol. The van der Waals surface area contributed by atoms with Gasteiger partial charge in [0.05, 0.1) is 40.0 Å². The van der Waals surface area contributed by atoms with Gasteiger partial charge in [-0.25, -0.2) is 0 Å². The van der Waals surface area contributed by atoms with Crippen LogP contribution in [0.2, 0.25) is 0 Å². The molecular weight excluding hydrogens is 536 g/mol. The summed E-state index contributed by atoms with van der Waals surface area (Å²) in [5.41, 5.74) is 11.8. The number of aromatic nitrogens is 4. The van der Waals surface area contributed by atoms with Crippen molar-refractivity contribution in [3.05, 3.63) is 146 Å². The Morgan fingerprint density at radius 3 is 1.39 bits per heavy atom. The fourth-order valence-corrected chi connectivity index (χ4v) is 7.28. The first-order valence-electron chi connectivity index (χ1n) is 14.9. The summed E-state index contributed by atoms with van der Waals surface area (Å²) < 4.78 is 4.76. The number of nitrogens with zero attached hydrogens (tertiary/aromatic N) is 4. The van der Waals surface area contributed by atoms with Gasteiger partial charge in [-0.3, -0.25) is 9.97 Å². The number of benzene rings is 5. The Hall–Kier alpha value is -6.00. The predicted octanol–water partition coefficient (Wildman–Crippen LogP) is 10.1. The van der Waals surface area contributed by atoms with Crippen LogP contribution in [0.15, 0.2) is 146 Å². The zero-order chi connectivity index (χ0) is 28.8. The van der Waals surface area contributed by atoms with Crippen LogP contribution in [-0.2, 0) is 0 Å². The van der Waals surface area contributed by atoms with E-state index in [9.17, 15) is 0 Å². The summed E-state index contributed by atoms with van der Waals surface area (Å²) >= 11 is 0. The molecule has 4 nitrogen and oxygen atoms in total. The highest BCUT2D eigenvalue weighted by Crippen LogP contribution is 2.42. The number of hydrogen-bond donors (Lipinski definition) is 0. The highest BCUT2D eigenvalue weighted by molar-refractivity contribution is 6.24. The van der Waals surface area contributed by atoms with Gasteiger partial charge < -0.3 is 8.97 Å². The Morgan fingerprint density at radius 1 is 0.386 bits per heavy atom. The molecule has 0 aliphatic heterocycles. The van der Waals surface area contributed by atoms with Gasteiger partial charge in [0, 0.05) is 50.4 Å². The lowest BCUT2D eigenvalue weighted by Gasteiger charge is -2.10. The molecule has 0 unspecified atom stereocenters. The predicted molar refractivity (Wildman–Crippen MR) is 182 cm³/mol. The molecule has 0 saturated carbocycles. The zero-order valence-electron chi connectivity index (χ0n) is 23.6. The van der Waals surface area contributed by atoms with Gasteiger partial charge in [-0.1, -0.05) is 72.8 Å². The van der Waals surface area contributed by atoms with E-state index in [1.165, 1.54) is 71.1 Å². The highest BCUT2D eigenvalue weighted by atomic mass is 15.0. The Labute approximate surface area is 252 Å². The van der Waals surface area contributed by atoms with Crippen LogP contribution in [0.1, 0.15) is 0 Å². The van der Waals surface area contributed by atoms with E-state index < -0.39 is 0 Å². The van der Waals surface area contributed by atoms with E-state index in [2.05, 4.69) is 140 Å². The van der Waals surface area contributed by atoms with E-state index in [0.29, 0.717) is 0 Å². The molecule has 10 rings (SSSR count). The van der Waals surface area contributed by atoms with E-state index in [1.807, 2.05) is 24.8 Å². The van der Waals surface area contributed by atoms with Crippen molar-refractivity contribution in [2.75, 3.05) is 0 Å². The van der Waals surface area contributed by atoms with Crippen molar-refractivity contribution < 1.29 is 0 Å². The fraction of sp³-hybridized carbons (Fsp3) is 0. The molecule has 5 aromatic heterocycles. The topological polar surface area (TPSA) is 35.1 Å². The molecule has 0 radical (unpaired) electrons. The van der Waals surface area contributed by atoms with Crippen molar-refractivity contribution >= 4 is 59.9 Å². The normalized spacial score (nSPS) is 12.1. The quantitative estimate of drug-likeness (QED) is 0.215. The Bertz CT molecular complexity index is 2520. The number of rotatable bonds is 3. The molecular formula is C40H24N4. The molecule has 0 N–H and O–H groups in total. The van der Waals surface area contributed by atoms with Crippen LogP contribution in [0.25, 0.3) is 87.8 Å². The van der Waals surface area contributed by atoms with Crippen molar-refractivity contribution in [2.45, 2.75) is 0 Å². The maximum absolute atomic E-state index is 4.49. The van der Waals surface area contributed by atoms with E-state index >= 15 is 0 Å². The third kappa shape index (κ3) is 3.17. The molecule has 0 amide bonds. The minimum absolute atomic E-state index is 1.11. The van der Waals surface area contributed by atoms with Crippen molar-refractivity contribution in [1.82, 2.24) is 18.9 Å². The molecule has 10 aromatic rings. The molecule has 0 spiro atoms. The molecule has 0 saturated heterocycles. The standard InChI is InChI=1S/C40H24N4/c1-3-7-25(8-4-1)27-11-13-36-32(19-27)33-20-28(26-9-5-2-6-10-26)12-14-37(33)43(36)29-21-34-30-15-17-41-23-38(30)44-39-24-42-18-16-31(39)35(22-29)40(34)44/h1-24H. The van der Waals surface area contributed by atoms with Crippen molar-refractivity contribution in [3.8, 4) is 27.9 Å². The first-order valence-corrected chi connectivity index (χ1v) is 14.9.